The number of likely N-dealkylation sites (N-methyl/N-ethyl adjacent to an activating group) is 1. The van der Waals surface area contributed by atoms with E-state index in [2.05, 4.69) is 24.3 Å². The van der Waals surface area contributed by atoms with E-state index in [1.807, 2.05) is 0 Å². The molecule has 1 aromatic rings. The van der Waals surface area contributed by atoms with Gasteiger partial charge in [0.2, 0.25) is 0 Å². The number of carbonyl (C=O) groups excluding carboxylic acids is 1. The number of hydrogen-bond acceptors (Lipinski definition) is 5. The van der Waals surface area contributed by atoms with E-state index in [1.165, 1.54) is 32.1 Å². The van der Waals surface area contributed by atoms with Gasteiger partial charge in [-0.25, -0.2) is 0 Å². The van der Waals surface area contributed by atoms with E-state index in [0.717, 1.165) is 25.7 Å². The minimum absolute atomic E-state index is 0.0510. The van der Waals surface area contributed by atoms with E-state index in [4.69, 9.17) is 4.74 Å². The summed E-state index contributed by atoms with van der Waals surface area (Å²) in [6.07, 6.45) is 6.86. The first kappa shape index (κ1) is 19.2. The molecule has 1 aliphatic rings. The number of ether oxygens (including phenoxy) is 1. The second-order valence-corrected chi connectivity index (χ2v) is 6.86. The van der Waals surface area contributed by atoms with Crippen molar-refractivity contribution in [3.05, 3.63) is 33.9 Å². The van der Waals surface area contributed by atoms with Gasteiger partial charge in [0.05, 0.1) is 12.0 Å². The average Bonchev–Trinajstić information content (AvgIpc) is 2.85. The van der Waals surface area contributed by atoms with Crippen LogP contribution in [0.3, 0.4) is 0 Å². The molecule has 1 amide bonds. The molecule has 1 saturated carbocycles. The number of carbonyl (C=O) groups is 1. The Bertz CT molecular complexity index is 623. The summed E-state index contributed by atoms with van der Waals surface area (Å²) in [5.74, 6) is -0.147. The Labute approximate surface area is 148 Å². The van der Waals surface area contributed by atoms with Crippen LogP contribution in [0.15, 0.2) is 18.2 Å². The van der Waals surface area contributed by atoms with Crippen LogP contribution in [-0.2, 0) is 0 Å². The Morgan fingerprint density at radius 1 is 1.28 bits per heavy atom. The van der Waals surface area contributed by atoms with Gasteiger partial charge in [-0.15, -0.1) is 0 Å². The molecule has 1 fully saturated rings. The van der Waals surface area contributed by atoms with Crippen LogP contribution >= 0.6 is 0 Å². The summed E-state index contributed by atoms with van der Waals surface area (Å²) in [5.41, 5.74) is 0.0202. The maximum absolute atomic E-state index is 12.5. The summed E-state index contributed by atoms with van der Waals surface area (Å²) in [5, 5.41) is 14.1. The van der Waals surface area contributed by atoms with E-state index in [1.54, 1.807) is 6.07 Å². The lowest BCUT2D eigenvalue weighted by atomic mass is 9.88. The molecular weight excluding hydrogens is 322 g/mol. The highest BCUT2D eigenvalue weighted by Gasteiger charge is 2.33. The van der Waals surface area contributed by atoms with Gasteiger partial charge in [0.15, 0.2) is 5.75 Å². The Morgan fingerprint density at radius 2 is 1.92 bits per heavy atom. The van der Waals surface area contributed by atoms with E-state index in [9.17, 15) is 14.9 Å². The first-order valence-electron chi connectivity index (χ1n) is 8.68. The molecule has 0 heterocycles. The number of nitrogens with zero attached hydrogens (tertiary/aromatic N) is 2. The second-order valence-electron chi connectivity index (χ2n) is 6.86. The highest BCUT2D eigenvalue weighted by atomic mass is 16.6. The van der Waals surface area contributed by atoms with Crippen molar-refractivity contribution < 1.29 is 14.5 Å². The molecule has 2 rings (SSSR count). The predicted octanol–water partition coefficient (Wildman–Crippen LogP) is 2.99. The van der Waals surface area contributed by atoms with Gasteiger partial charge in [-0.3, -0.25) is 14.9 Å². The van der Waals surface area contributed by atoms with Gasteiger partial charge in [-0.2, -0.15) is 0 Å². The molecule has 0 atom stereocenters. The van der Waals surface area contributed by atoms with E-state index < -0.39 is 4.92 Å². The Hall–Kier alpha value is -2.15. The second kappa shape index (κ2) is 8.29. The summed E-state index contributed by atoms with van der Waals surface area (Å²) >= 11 is 0. The lowest BCUT2D eigenvalue weighted by molar-refractivity contribution is -0.385. The zero-order chi connectivity index (χ0) is 18.4. The number of hydrogen-bond donors (Lipinski definition) is 1. The van der Waals surface area contributed by atoms with Crippen molar-refractivity contribution in [1.82, 2.24) is 10.2 Å². The van der Waals surface area contributed by atoms with Crippen molar-refractivity contribution in [3.8, 4) is 5.75 Å². The molecule has 1 N–H and O–H groups in total. The first-order chi connectivity index (χ1) is 11.9. The van der Waals surface area contributed by atoms with Crippen LogP contribution in [0.2, 0.25) is 0 Å². The van der Waals surface area contributed by atoms with Crippen LogP contribution < -0.4 is 10.1 Å². The number of amides is 1. The zero-order valence-corrected chi connectivity index (χ0v) is 15.2. The number of benzene rings is 1. The maximum Gasteiger partial charge on any atom is 0.311 e. The van der Waals surface area contributed by atoms with Crippen LogP contribution in [0, 0.1) is 10.1 Å². The molecule has 138 valence electrons. The third-order valence-electron chi connectivity index (χ3n) is 5.20. The molecule has 0 spiro atoms. The molecule has 1 aliphatic carbocycles. The van der Waals surface area contributed by atoms with Crippen LogP contribution in [0.5, 0.6) is 5.75 Å². The largest absolute Gasteiger partial charge is 0.490 e. The van der Waals surface area contributed by atoms with E-state index >= 15 is 0 Å². The summed E-state index contributed by atoms with van der Waals surface area (Å²) in [4.78, 5) is 25.3. The lowest BCUT2D eigenvalue weighted by Crippen LogP contribution is -2.52. The fourth-order valence-electron chi connectivity index (χ4n) is 3.49. The predicted molar refractivity (Wildman–Crippen MR) is 96.1 cm³/mol. The van der Waals surface area contributed by atoms with Crippen molar-refractivity contribution in [2.75, 3.05) is 27.7 Å². The van der Waals surface area contributed by atoms with Crippen molar-refractivity contribution >= 4 is 11.6 Å². The zero-order valence-electron chi connectivity index (χ0n) is 15.2. The number of methoxy groups -OCH3 is 1. The Balaban J connectivity index is 2.13. The van der Waals surface area contributed by atoms with Gasteiger partial charge in [-0.1, -0.05) is 25.7 Å². The van der Waals surface area contributed by atoms with Gasteiger partial charge in [0.1, 0.15) is 0 Å². The quantitative estimate of drug-likeness (QED) is 0.485. The molecule has 0 radical (unpaired) electrons. The summed E-state index contributed by atoms with van der Waals surface area (Å²) < 4.78 is 4.98. The molecule has 25 heavy (non-hydrogen) atoms. The third kappa shape index (κ3) is 4.48. The molecule has 0 unspecified atom stereocenters. The van der Waals surface area contributed by atoms with E-state index in [0.29, 0.717) is 6.54 Å². The van der Waals surface area contributed by atoms with Crippen molar-refractivity contribution in [3.63, 3.8) is 0 Å². The third-order valence-corrected chi connectivity index (χ3v) is 5.20. The smallest absolute Gasteiger partial charge is 0.311 e. The molecule has 7 heteroatoms. The van der Waals surface area contributed by atoms with Crippen LogP contribution in [0.4, 0.5) is 5.69 Å². The van der Waals surface area contributed by atoms with Crippen LogP contribution in [-0.4, -0.2) is 49.0 Å². The Kier molecular flexibility index (Phi) is 6.36. The standard InChI is InChI=1S/C18H27N3O4/c1-20(2)18(10-6-4-5-7-11-18)13-19-17(22)14-8-9-16(25-3)15(12-14)21(23)24/h8-9,12H,4-7,10-11,13H2,1-3H3,(H,19,22). The SMILES string of the molecule is COc1ccc(C(=O)NCC2(N(C)C)CCCCCC2)cc1[N+](=O)[O-]. The van der Waals surface area contributed by atoms with Crippen molar-refractivity contribution in [1.29, 1.82) is 0 Å². The summed E-state index contributed by atoms with van der Waals surface area (Å²) in [7, 11) is 5.47. The van der Waals surface area contributed by atoms with Crippen molar-refractivity contribution in [2.45, 2.75) is 44.1 Å². The maximum atomic E-state index is 12.5. The first-order valence-corrected chi connectivity index (χ1v) is 8.68. The van der Waals surface area contributed by atoms with Gasteiger partial charge in [0, 0.05) is 23.7 Å². The fraction of sp³-hybridized carbons (Fsp3) is 0.611. The molecule has 0 bridgehead atoms. The molecule has 0 aromatic heterocycles. The summed E-state index contributed by atoms with van der Waals surface area (Å²) in [6.45, 7) is 0.540. The van der Waals surface area contributed by atoms with Crippen LogP contribution in [0.25, 0.3) is 0 Å². The topological polar surface area (TPSA) is 84.7 Å². The highest BCUT2D eigenvalue weighted by molar-refractivity contribution is 5.95. The summed E-state index contributed by atoms with van der Waals surface area (Å²) in [6, 6.07) is 4.28. The molecular formula is C18H27N3O4. The minimum atomic E-state index is -0.539. The number of nitrogens with one attached hydrogen (secondary N) is 1. The van der Waals surface area contributed by atoms with E-state index in [-0.39, 0.29) is 28.4 Å². The Morgan fingerprint density at radius 3 is 2.44 bits per heavy atom. The normalized spacial score (nSPS) is 17.0. The molecule has 1 aromatic carbocycles. The number of nitro groups is 1. The van der Waals surface area contributed by atoms with Gasteiger partial charge < -0.3 is 15.0 Å². The monoisotopic (exact) mass is 349 g/mol. The van der Waals surface area contributed by atoms with Gasteiger partial charge in [0.25, 0.3) is 5.91 Å². The number of nitro benzene ring substituents is 1. The number of rotatable bonds is 6. The van der Waals surface area contributed by atoms with Gasteiger partial charge in [-0.05, 0) is 39.1 Å². The molecule has 0 saturated heterocycles. The molecule has 0 aliphatic heterocycles. The minimum Gasteiger partial charge on any atom is -0.490 e. The highest BCUT2D eigenvalue weighted by Crippen LogP contribution is 2.31. The average molecular weight is 349 g/mol. The van der Waals surface area contributed by atoms with Gasteiger partial charge >= 0.3 is 5.69 Å². The van der Waals surface area contributed by atoms with Crippen molar-refractivity contribution in [2.24, 2.45) is 0 Å². The van der Waals surface area contributed by atoms with Crippen LogP contribution in [0.1, 0.15) is 48.9 Å². The fourth-order valence-corrected chi connectivity index (χ4v) is 3.49. The molecule has 7 nitrogen and oxygen atoms in total. The lowest BCUT2D eigenvalue weighted by Gasteiger charge is -2.39.